The van der Waals surface area contributed by atoms with Gasteiger partial charge in [-0.3, -0.25) is 34.4 Å². The van der Waals surface area contributed by atoms with Crippen LogP contribution >= 0.6 is 0 Å². The number of carbonyl (C=O) groups is 4. The van der Waals surface area contributed by atoms with Gasteiger partial charge in [-0.25, -0.2) is 9.97 Å². The van der Waals surface area contributed by atoms with E-state index in [0.29, 0.717) is 49.4 Å². The SMILES string of the molecule is O=C1CCC(N2Cc3c(CCCCCN4CCN(CC#Cc5ccc(/C=C/c6ccc(C(=O)N7CCc8cnc(-c9cnc%10ccccc%10c9)nc8C7)cc6)cc5)CC4)cccc3C2=O)C(=O)N1. The Morgan fingerprint density at radius 2 is 1.54 bits per heavy atom. The van der Waals surface area contributed by atoms with E-state index >= 15 is 0 Å². The third-order valence-electron chi connectivity index (χ3n) is 13.7. The molecule has 68 heavy (non-hydrogen) atoms. The number of unbranched alkanes of at least 4 members (excludes halogenated alkanes) is 2. The summed E-state index contributed by atoms with van der Waals surface area (Å²) in [6.45, 7) is 7.44. The molecule has 2 fully saturated rings. The fourth-order valence-electron chi connectivity index (χ4n) is 9.73. The number of nitrogens with one attached hydrogen (secondary N) is 1. The number of amides is 4. The van der Waals surface area contributed by atoms with E-state index in [9.17, 15) is 19.2 Å². The average Bonchev–Trinajstić information content (AvgIpc) is 3.71. The highest BCUT2D eigenvalue weighted by Gasteiger charge is 2.39. The van der Waals surface area contributed by atoms with Gasteiger partial charge in [0.2, 0.25) is 11.8 Å². The molecule has 0 spiro atoms. The molecule has 10 rings (SSSR count). The number of para-hydroxylation sites is 1. The molecule has 12 heteroatoms. The van der Waals surface area contributed by atoms with E-state index in [2.05, 4.69) is 85.5 Å². The van der Waals surface area contributed by atoms with Crippen LogP contribution in [0.2, 0.25) is 0 Å². The lowest BCUT2D eigenvalue weighted by atomic mass is 9.98. The van der Waals surface area contributed by atoms with Gasteiger partial charge >= 0.3 is 0 Å². The van der Waals surface area contributed by atoms with Gasteiger partial charge in [-0.1, -0.05) is 85.0 Å². The quantitative estimate of drug-likeness (QED) is 0.0587. The zero-order valence-electron chi connectivity index (χ0n) is 38.2. The first kappa shape index (κ1) is 44.5. The number of rotatable bonds is 12. The first-order valence-electron chi connectivity index (χ1n) is 23.9. The predicted octanol–water partition coefficient (Wildman–Crippen LogP) is 7.20. The van der Waals surface area contributed by atoms with Crippen LogP contribution in [0.5, 0.6) is 0 Å². The van der Waals surface area contributed by atoms with Crippen LogP contribution in [0.15, 0.2) is 109 Å². The van der Waals surface area contributed by atoms with Gasteiger partial charge in [0.05, 0.1) is 24.3 Å². The average molecular weight is 903 g/mol. The number of aryl methyl sites for hydroxylation is 1. The zero-order valence-corrected chi connectivity index (χ0v) is 38.2. The molecule has 12 nitrogen and oxygen atoms in total. The molecule has 0 bridgehead atoms. The number of aromatic nitrogens is 3. The highest BCUT2D eigenvalue weighted by Crippen LogP contribution is 2.31. The van der Waals surface area contributed by atoms with Crippen LogP contribution < -0.4 is 5.32 Å². The van der Waals surface area contributed by atoms with Crippen molar-refractivity contribution in [3.05, 3.63) is 160 Å². The molecule has 4 aliphatic rings. The van der Waals surface area contributed by atoms with Gasteiger partial charge in [0.1, 0.15) is 6.04 Å². The standard InChI is InChI=1S/C56H54N8O4/c65-52-25-24-51(54(66)60-52)64-37-48-42(11-6-12-47(48)56(64)68)9-2-1-5-27-61-30-32-62(33-31-61)28-7-8-39-14-16-40(17-15-39)18-19-41-20-22-43(23-21-41)55(67)63-29-26-45-35-58-53(59-50(45)38-63)46-34-44-10-3-4-13-49(44)57-36-46/h3-4,6,10-23,34-36,51H,1-2,5,9,24-33,37-38H2,(H,60,65,66)/b19-18+. The third kappa shape index (κ3) is 10.1. The van der Waals surface area contributed by atoms with Crippen LogP contribution in [-0.4, -0.2) is 110 Å². The van der Waals surface area contributed by atoms with Gasteiger partial charge in [0.15, 0.2) is 5.82 Å². The summed E-state index contributed by atoms with van der Waals surface area (Å²) in [6.07, 6.45) is 13.4. The first-order valence-corrected chi connectivity index (χ1v) is 23.9. The summed E-state index contributed by atoms with van der Waals surface area (Å²) in [6, 6.07) is 31.4. The number of fused-ring (bicyclic) bond motifs is 3. The highest BCUT2D eigenvalue weighted by atomic mass is 16.2. The smallest absolute Gasteiger partial charge is 0.255 e. The van der Waals surface area contributed by atoms with E-state index in [1.54, 1.807) is 4.90 Å². The van der Waals surface area contributed by atoms with Crippen molar-refractivity contribution < 1.29 is 19.2 Å². The van der Waals surface area contributed by atoms with Crippen molar-refractivity contribution in [3.63, 3.8) is 0 Å². The van der Waals surface area contributed by atoms with Crippen LogP contribution in [0.3, 0.4) is 0 Å². The fraction of sp³-hybridized carbons (Fsp3) is 0.304. The number of pyridine rings is 1. The molecule has 1 atom stereocenters. The van der Waals surface area contributed by atoms with Crippen LogP contribution in [0.25, 0.3) is 34.4 Å². The molecular weight excluding hydrogens is 849 g/mol. The molecule has 4 amide bonds. The molecule has 0 saturated carbocycles. The van der Waals surface area contributed by atoms with E-state index in [4.69, 9.17) is 4.98 Å². The zero-order chi connectivity index (χ0) is 46.4. The summed E-state index contributed by atoms with van der Waals surface area (Å²) >= 11 is 0. The van der Waals surface area contributed by atoms with Crippen molar-refractivity contribution in [1.29, 1.82) is 0 Å². The molecule has 4 aromatic carbocycles. The highest BCUT2D eigenvalue weighted by molar-refractivity contribution is 6.05. The number of imide groups is 1. The molecule has 0 radical (unpaired) electrons. The lowest BCUT2D eigenvalue weighted by Gasteiger charge is -2.33. The molecule has 0 aliphatic carbocycles. The van der Waals surface area contributed by atoms with Crippen molar-refractivity contribution in [2.45, 2.75) is 64.1 Å². The maximum absolute atomic E-state index is 13.6. The van der Waals surface area contributed by atoms with Crippen molar-refractivity contribution in [1.82, 2.24) is 39.9 Å². The Morgan fingerprint density at radius 1 is 0.765 bits per heavy atom. The van der Waals surface area contributed by atoms with Gasteiger partial charge in [-0.15, -0.1) is 0 Å². The largest absolute Gasteiger partial charge is 0.332 e. The summed E-state index contributed by atoms with van der Waals surface area (Å²) in [5.41, 5.74) is 10.4. The predicted molar refractivity (Wildman–Crippen MR) is 263 cm³/mol. The lowest BCUT2D eigenvalue weighted by Crippen LogP contribution is -2.52. The topological polar surface area (TPSA) is 132 Å². The van der Waals surface area contributed by atoms with Crippen molar-refractivity contribution >= 4 is 46.7 Å². The summed E-state index contributed by atoms with van der Waals surface area (Å²) in [7, 11) is 0. The molecule has 2 saturated heterocycles. The van der Waals surface area contributed by atoms with Crippen molar-refractivity contribution in [2.24, 2.45) is 0 Å². The maximum Gasteiger partial charge on any atom is 0.255 e. The second-order valence-electron chi connectivity index (χ2n) is 18.2. The minimum Gasteiger partial charge on any atom is -0.332 e. The number of piperidine rings is 1. The number of nitrogens with zero attached hydrogens (tertiary/aromatic N) is 7. The monoisotopic (exact) mass is 902 g/mol. The molecule has 1 unspecified atom stereocenters. The Morgan fingerprint density at radius 3 is 2.35 bits per heavy atom. The number of piperazine rings is 1. The molecular formula is C56H54N8O4. The van der Waals surface area contributed by atoms with Gasteiger partial charge in [0, 0.05) is 85.7 Å². The van der Waals surface area contributed by atoms with Gasteiger partial charge < -0.3 is 14.7 Å². The van der Waals surface area contributed by atoms with Crippen LogP contribution in [-0.2, 0) is 35.5 Å². The van der Waals surface area contributed by atoms with Crippen molar-refractivity contribution in [2.75, 3.05) is 45.8 Å². The molecule has 6 aromatic rings. The Kier molecular flexibility index (Phi) is 13.3. The third-order valence-corrected chi connectivity index (χ3v) is 13.7. The second-order valence-corrected chi connectivity index (χ2v) is 18.2. The summed E-state index contributed by atoms with van der Waals surface area (Å²) < 4.78 is 0. The normalized spacial score (nSPS) is 17.5. The van der Waals surface area contributed by atoms with E-state index in [-0.39, 0.29) is 30.0 Å². The van der Waals surface area contributed by atoms with Crippen LogP contribution in [0.4, 0.5) is 0 Å². The Hall–Kier alpha value is -7.33. The lowest BCUT2D eigenvalue weighted by molar-refractivity contribution is -0.136. The summed E-state index contributed by atoms with van der Waals surface area (Å²) in [4.78, 5) is 73.4. The Balaban J connectivity index is 0.630. The minimum atomic E-state index is -0.584. The van der Waals surface area contributed by atoms with Gasteiger partial charge in [0.25, 0.3) is 11.8 Å². The molecule has 4 aliphatic heterocycles. The van der Waals surface area contributed by atoms with Gasteiger partial charge in [-0.2, -0.15) is 0 Å². The number of hydrogen-bond acceptors (Lipinski definition) is 9. The molecule has 342 valence electrons. The molecule has 6 heterocycles. The number of benzene rings is 4. The number of carbonyl (C=O) groups excluding carboxylic acids is 4. The fourth-order valence-corrected chi connectivity index (χ4v) is 9.73. The van der Waals surface area contributed by atoms with Crippen LogP contribution in [0.1, 0.15) is 91.9 Å². The summed E-state index contributed by atoms with van der Waals surface area (Å²) in [5, 5.41) is 3.43. The number of hydrogen-bond donors (Lipinski definition) is 1. The Bertz CT molecular complexity index is 2970. The van der Waals surface area contributed by atoms with E-state index in [1.807, 2.05) is 78.0 Å². The first-order chi connectivity index (χ1) is 33.3. The minimum absolute atomic E-state index is 0.00484. The van der Waals surface area contributed by atoms with Gasteiger partial charge in [-0.05, 0) is 109 Å². The van der Waals surface area contributed by atoms with E-state index < -0.39 is 6.04 Å². The molecule has 2 aromatic heterocycles. The second kappa shape index (κ2) is 20.3. The van der Waals surface area contributed by atoms with Crippen LogP contribution in [0, 0.1) is 11.8 Å². The van der Waals surface area contributed by atoms with E-state index in [0.717, 1.165) is 115 Å². The summed E-state index contributed by atoms with van der Waals surface area (Å²) in [5.74, 6) is 6.59. The van der Waals surface area contributed by atoms with Crippen molar-refractivity contribution in [3.8, 4) is 23.2 Å². The Labute approximate surface area is 397 Å². The van der Waals surface area contributed by atoms with E-state index in [1.165, 1.54) is 5.56 Å². The molecule has 1 N–H and O–H groups in total. The maximum atomic E-state index is 13.6.